The summed E-state index contributed by atoms with van der Waals surface area (Å²) >= 11 is 6.13. The van der Waals surface area contributed by atoms with Crippen molar-refractivity contribution in [2.45, 2.75) is 12.3 Å². The van der Waals surface area contributed by atoms with Crippen molar-refractivity contribution in [3.63, 3.8) is 0 Å². The van der Waals surface area contributed by atoms with Crippen LogP contribution in [-0.4, -0.2) is 18.2 Å². The summed E-state index contributed by atoms with van der Waals surface area (Å²) in [6.07, 6.45) is 0.0205. The van der Waals surface area contributed by atoms with Crippen molar-refractivity contribution in [2.24, 2.45) is 0 Å². The van der Waals surface area contributed by atoms with E-state index in [1.54, 1.807) is 19.2 Å². The van der Waals surface area contributed by atoms with Gasteiger partial charge in [0.25, 0.3) is 0 Å². The molecule has 20 heavy (non-hydrogen) atoms. The molecule has 0 radical (unpaired) electrons. The highest BCUT2D eigenvalue weighted by molar-refractivity contribution is 6.32. The molecule has 0 spiro atoms. The number of rotatable bonds is 5. The Bertz CT molecular complexity index is 596. The Balaban J connectivity index is 2.41. The van der Waals surface area contributed by atoms with Crippen LogP contribution >= 0.6 is 11.6 Å². The molecule has 0 aliphatic heterocycles. The van der Waals surface area contributed by atoms with E-state index in [9.17, 15) is 4.79 Å². The molecule has 1 N–H and O–H groups in total. The highest BCUT2D eigenvalue weighted by Gasteiger charge is 2.18. The van der Waals surface area contributed by atoms with Gasteiger partial charge in [-0.1, -0.05) is 48.0 Å². The number of carboxylic acid groups (broad SMARTS) is 1. The lowest BCUT2D eigenvalue weighted by Gasteiger charge is -2.17. The number of aliphatic carboxylic acids is 1. The molecule has 2 aromatic carbocycles. The van der Waals surface area contributed by atoms with Crippen LogP contribution in [0.4, 0.5) is 0 Å². The van der Waals surface area contributed by atoms with Crippen molar-refractivity contribution in [1.29, 1.82) is 0 Å². The third-order valence-electron chi connectivity index (χ3n) is 3.16. The zero-order chi connectivity index (χ0) is 14.5. The van der Waals surface area contributed by atoms with Gasteiger partial charge < -0.3 is 9.84 Å². The van der Waals surface area contributed by atoms with E-state index < -0.39 is 5.97 Å². The summed E-state index contributed by atoms with van der Waals surface area (Å²) in [5.74, 6) is -0.486. The fourth-order valence-corrected chi connectivity index (χ4v) is 2.45. The monoisotopic (exact) mass is 290 g/mol. The second-order valence-corrected chi connectivity index (χ2v) is 4.86. The average molecular weight is 291 g/mol. The Labute approximate surface area is 122 Å². The smallest absolute Gasteiger partial charge is 0.304 e. The third-order valence-corrected chi connectivity index (χ3v) is 3.45. The van der Waals surface area contributed by atoms with Gasteiger partial charge in [-0.2, -0.15) is 0 Å². The summed E-state index contributed by atoms with van der Waals surface area (Å²) < 4.78 is 5.12. The zero-order valence-electron chi connectivity index (χ0n) is 11.0. The molecule has 0 saturated carbocycles. The standard InChI is InChI=1S/C16H15ClO3/c1-20-15-8-7-12(9-14(15)17)13(10-16(18)19)11-5-3-2-4-6-11/h2-9,13H,10H2,1H3,(H,18,19). The minimum Gasteiger partial charge on any atom is -0.495 e. The summed E-state index contributed by atoms with van der Waals surface area (Å²) in [4.78, 5) is 11.1. The van der Waals surface area contributed by atoms with Gasteiger partial charge in [0.05, 0.1) is 18.6 Å². The Morgan fingerprint density at radius 2 is 1.90 bits per heavy atom. The summed E-state index contributed by atoms with van der Waals surface area (Å²) in [5.41, 5.74) is 1.82. The van der Waals surface area contributed by atoms with E-state index in [2.05, 4.69) is 0 Å². The molecule has 104 valence electrons. The molecular formula is C16H15ClO3. The number of carbonyl (C=O) groups is 1. The van der Waals surface area contributed by atoms with Gasteiger partial charge in [0.15, 0.2) is 0 Å². The molecule has 1 unspecified atom stereocenters. The summed E-state index contributed by atoms with van der Waals surface area (Å²) in [6, 6.07) is 14.9. The number of halogens is 1. The predicted molar refractivity (Wildman–Crippen MR) is 78.5 cm³/mol. The lowest BCUT2D eigenvalue weighted by Crippen LogP contribution is -2.08. The van der Waals surface area contributed by atoms with Crippen LogP contribution in [0.1, 0.15) is 23.5 Å². The first kappa shape index (κ1) is 14.4. The van der Waals surface area contributed by atoms with Gasteiger partial charge in [-0.25, -0.2) is 0 Å². The first-order valence-corrected chi connectivity index (χ1v) is 6.59. The van der Waals surface area contributed by atoms with Crippen LogP contribution < -0.4 is 4.74 Å². The van der Waals surface area contributed by atoms with Crippen LogP contribution in [0.3, 0.4) is 0 Å². The summed E-state index contributed by atoms with van der Waals surface area (Å²) in [5, 5.41) is 9.60. The van der Waals surface area contributed by atoms with Crippen LogP contribution in [-0.2, 0) is 4.79 Å². The van der Waals surface area contributed by atoms with Crippen LogP contribution in [0.5, 0.6) is 5.75 Å². The molecule has 2 aromatic rings. The number of hydrogen-bond donors (Lipinski definition) is 1. The molecule has 0 amide bonds. The number of carboxylic acids is 1. The van der Waals surface area contributed by atoms with Gasteiger partial charge in [0.2, 0.25) is 0 Å². The maximum absolute atomic E-state index is 11.1. The molecule has 1 atom stereocenters. The highest BCUT2D eigenvalue weighted by Crippen LogP contribution is 2.33. The van der Waals surface area contributed by atoms with Gasteiger partial charge in [-0.05, 0) is 23.3 Å². The quantitative estimate of drug-likeness (QED) is 0.907. The number of methoxy groups -OCH3 is 1. The van der Waals surface area contributed by atoms with E-state index in [0.29, 0.717) is 10.8 Å². The predicted octanol–water partition coefficient (Wildman–Crippen LogP) is 3.96. The molecule has 0 heterocycles. The third kappa shape index (κ3) is 3.31. The Morgan fingerprint density at radius 1 is 1.20 bits per heavy atom. The first-order chi connectivity index (χ1) is 9.61. The normalized spacial score (nSPS) is 11.9. The maximum atomic E-state index is 11.1. The molecule has 0 aliphatic rings. The van der Waals surface area contributed by atoms with Gasteiger partial charge in [0, 0.05) is 5.92 Å². The Kier molecular flexibility index (Phi) is 4.64. The second-order valence-electron chi connectivity index (χ2n) is 4.46. The SMILES string of the molecule is COc1ccc(C(CC(=O)O)c2ccccc2)cc1Cl. The fourth-order valence-electron chi connectivity index (χ4n) is 2.19. The van der Waals surface area contributed by atoms with Crippen molar-refractivity contribution >= 4 is 17.6 Å². The molecule has 3 nitrogen and oxygen atoms in total. The molecule has 0 saturated heterocycles. The van der Waals surface area contributed by atoms with Crippen LogP contribution in [0, 0.1) is 0 Å². The molecule has 2 rings (SSSR count). The van der Waals surface area contributed by atoms with Crippen molar-refractivity contribution in [3.8, 4) is 5.75 Å². The Hall–Kier alpha value is -2.00. The lowest BCUT2D eigenvalue weighted by atomic mass is 9.88. The lowest BCUT2D eigenvalue weighted by molar-refractivity contribution is -0.137. The summed E-state index contributed by atoms with van der Waals surface area (Å²) in [7, 11) is 1.55. The molecular weight excluding hydrogens is 276 g/mol. The van der Waals surface area contributed by atoms with Crippen LogP contribution in [0.2, 0.25) is 5.02 Å². The van der Waals surface area contributed by atoms with Crippen molar-refractivity contribution < 1.29 is 14.6 Å². The number of hydrogen-bond acceptors (Lipinski definition) is 2. The van der Waals surface area contributed by atoms with E-state index in [0.717, 1.165) is 11.1 Å². The second kappa shape index (κ2) is 6.44. The van der Waals surface area contributed by atoms with E-state index in [4.69, 9.17) is 21.4 Å². The zero-order valence-corrected chi connectivity index (χ0v) is 11.8. The van der Waals surface area contributed by atoms with Gasteiger partial charge in [-0.3, -0.25) is 4.79 Å². The average Bonchev–Trinajstić information content (AvgIpc) is 2.45. The molecule has 0 aliphatic carbocycles. The van der Waals surface area contributed by atoms with E-state index in [1.807, 2.05) is 36.4 Å². The van der Waals surface area contributed by atoms with Crippen LogP contribution in [0.15, 0.2) is 48.5 Å². The van der Waals surface area contributed by atoms with Crippen molar-refractivity contribution in [3.05, 3.63) is 64.7 Å². The number of ether oxygens (including phenoxy) is 1. The molecule has 4 heteroatoms. The van der Waals surface area contributed by atoms with E-state index >= 15 is 0 Å². The topological polar surface area (TPSA) is 46.5 Å². The van der Waals surface area contributed by atoms with Gasteiger partial charge in [0.1, 0.15) is 5.75 Å². The van der Waals surface area contributed by atoms with Crippen molar-refractivity contribution in [2.75, 3.05) is 7.11 Å². The largest absolute Gasteiger partial charge is 0.495 e. The minimum atomic E-state index is -0.842. The molecule has 0 fully saturated rings. The van der Waals surface area contributed by atoms with Gasteiger partial charge in [-0.15, -0.1) is 0 Å². The Morgan fingerprint density at radius 3 is 2.45 bits per heavy atom. The maximum Gasteiger partial charge on any atom is 0.304 e. The fraction of sp³-hybridized carbons (Fsp3) is 0.188. The van der Waals surface area contributed by atoms with E-state index in [-0.39, 0.29) is 12.3 Å². The first-order valence-electron chi connectivity index (χ1n) is 6.22. The molecule has 0 aromatic heterocycles. The van der Waals surface area contributed by atoms with E-state index in [1.165, 1.54) is 0 Å². The van der Waals surface area contributed by atoms with Gasteiger partial charge >= 0.3 is 5.97 Å². The summed E-state index contributed by atoms with van der Waals surface area (Å²) in [6.45, 7) is 0. The van der Waals surface area contributed by atoms with Crippen LogP contribution in [0.25, 0.3) is 0 Å². The minimum absolute atomic E-state index is 0.0205. The highest BCUT2D eigenvalue weighted by atomic mass is 35.5. The number of benzene rings is 2. The molecule has 0 bridgehead atoms. The van der Waals surface area contributed by atoms with Crippen molar-refractivity contribution in [1.82, 2.24) is 0 Å².